The van der Waals surface area contributed by atoms with Gasteiger partial charge in [-0.05, 0) is 35.7 Å². The van der Waals surface area contributed by atoms with Crippen LogP contribution < -0.4 is 9.47 Å². The quantitative estimate of drug-likeness (QED) is 0.678. The van der Waals surface area contributed by atoms with Crippen LogP contribution in [0.25, 0.3) is 10.8 Å². The maximum atomic E-state index is 12.6. The van der Waals surface area contributed by atoms with E-state index in [0.29, 0.717) is 28.3 Å². The zero-order valence-electron chi connectivity index (χ0n) is 14.4. The number of nitrogens with zero attached hydrogens (tertiary/aromatic N) is 2. The average Bonchev–Trinajstić information content (AvgIpc) is 2.92. The molecular weight excluding hydrogens is 332 g/mol. The molecule has 0 atom stereocenters. The second-order valence-corrected chi connectivity index (χ2v) is 5.93. The van der Waals surface area contributed by atoms with E-state index in [2.05, 4.69) is 4.98 Å². The molecule has 0 saturated carbocycles. The van der Waals surface area contributed by atoms with Gasteiger partial charge in [-0.3, -0.25) is 19.5 Å². The Bertz CT molecular complexity index is 1010. The third-order valence-corrected chi connectivity index (χ3v) is 4.54. The van der Waals surface area contributed by atoms with Crippen LogP contribution in [0.3, 0.4) is 0 Å². The maximum Gasteiger partial charge on any atom is 0.261 e. The summed E-state index contributed by atoms with van der Waals surface area (Å²) in [6.07, 6.45) is 1.65. The van der Waals surface area contributed by atoms with Gasteiger partial charge in [-0.15, -0.1) is 0 Å². The third kappa shape index (κ3) is 2.38. The smallest absolute Gasteiger partial charge is 0.261 e. The number of carbonyl (C=O) groups excluding carboxylic acids is 2. The van der Waals surface area contributed by atoms with Crippen LogP contribution in [-0.4, -0.2) is 35.9 Å². The van der Waals surface area contributed by atoms with E-state index in [0.717, 1.165) is 10.8 Å². The summed E-state index contributed by atoms with van der Waals surface area (Å²) in [4.78, 5) is 30.8. The summed E-state index contributed by atoms with van der Waals surface area (Å²) in [6, 6.07) is 12.3. The number of methoxy groups -OCH3 is 2. The predicted molar refractivity (Wildman–Crippen MR) is 95.5 cm³/mol. The van der Waals surface area contributed by atoms with Crippen LogP contribution in [-0.2, 0) is 6.54 Å². The van der Waals surface area contributed by atoms with Gasteiger partial charge in [-0.25, -0.2) is 0 Å². The Morgan fingerprint density at radius 1 is 0.923 bits per heavy atom. The van der Waals surface area contributed by atoms with E-state index in [1.807, 2.05) is 18.2 Å². The molecule has 1 aliphatic heterocycles. The van der Waals surface area contributed by atoms with Gasteiger partial charge in [0.25, 0.3) is 11.8 Å². The van der Waals surface area contributed by atoms with Gasteiger partial charge in [0.1, 0.15) is 0 Å². The van der Waals surface area contributed by atoms with Crippen LogP contribution in [0.2, 0.25) is 0 Å². The van der Waals surface area contributed by atoms with Gasteiger partial charge < -0.3 is 9.47 Å². The molecule has 0 unspecified atom stereocenters. The fourth-order valence-electron chi connectivity index (χ4n) is 3.22. The Labute approximate surface area is 150 Å². The molecule has 0 bridgehead atoms. The van der Waals surface area contributed by atoms with Crippen LogP contribution in [0.15, 0.2) is 48.7 Å². The molecule has 0 fully saturated rings. The van der Waals surface area contributed by atoms with Crippen molar-refractivity contribution in [3.8, 4) is 11.5 Å². The van der Waals surface area contributed by atoms with E-state index in [4.69, 9.17) is 9.47 Å². The highest BCUT2D eigenvalue weighted by molar-refractivity contribution is 6.21. The lowest BCUT2D eigenvalue weighted by molar-refractivity contribution is 0.0641. The van der Waals surface area contributed by atoms with Crippen molar-refractivity contribution < 1.29 is 19.1 Å². The van der Waals surface area contributed by atoms with Crippen molar-refractivity contribution >= 4 is 22.6 Å². The first-order chi connectivity index (χ1) is 12.6. The lowest BCUT2D eigenvalue weighted by atomic mass is 10.1. The summed E-state index contributed by atoms with van der Waals surface area (Å²) in [6.45, 7) is 0.0964. The van der Waals surface area contributed by atoms with Crippen molar-refractivity contribution in [2.24, 2.45) is 0 Å². The fourth-order valence-corrected chi connectivity index (χ4v) is 3.22. The molecular formula is C20H16N2O4. The molecule has 0 spiro atoms. The Balaban J connectivity index is 1.77. The van der Waals surface area contributed by atoms with Gasteiger partial charge in [-0.2, -0.15) is 0 Å². The van der Waals surface area contributed by atoms with E-state index < -0.39 is 0 Å². The van der Waals surface area contributed by atoms with Crippen LogP contribution in [0.5, 0.6) is 11.5 Å². The maximum absolute atomic E-state index is 12.6. The molecule has 0 saturated heterocycles. The number of rotatable bonds is 4. The molecule has 6 nitrogen and oxygen atoms in total. The van der Waals surface area contributed by atoms with Gasteiger partial charge in [0.2, 0.25) is 0 Å². The predicted octanol–water partition coefficient (Wildman–Crippen LogP) is 3.05. The van der Waals surface area contributed by atoms with Gasteiger partial charge in [0.05, 0.1) is 37.6 Å². The minimum Gasteiger partial charge on any atom is -0.493 e. The lowest BCUT2D eigenvalue weighted by Gasteiger charge is -2.16. The topological polar surface area (TPSA) is 68.7 Å². The van der Waals surface area contributed by atoms with Crippen LogP contribution in [0.4, 0.5) is 0 Å². The number of amides is 2. The zero-order valence-corrected chi connectivity index (χ0v) is 14.4. The van der Waals surface area contributed by atoms with Crippen molar-refractivity contribution in [3.63, 3.8) is 0 Å². The molecule has 2 amide bonds. The molecule has 3 aromatic rings. The molecule has 0 N–H and O–H groups in total. The van der Waals surface area contributed by atoms with Crippen molar-refractivity contribution in [3.05, 3.63) is 65.5 Å². The van der Waals surface area contributed by atoms with E-state index >= 15 is 0 Å². The second kappa shape index (κ2) is 6.15. The first-order valence-corrected chi connectivity index (χ1v) is 8.09. The van der Waals surface area contributed by atoms with Crippen LogP contribution in [0, 0.1) is 0 Å². The number of benzene rings is 2. The number of pyridine rings is 1. The summed E-state index contributed by atoms with van der Waals surface area (Å²) >= 11 is 0. The first kappa shape index (κ1) is 16.1. The number of aromatic nitrogens is 1. The minimum absolute atomic E-state index is 0.0964. The normalized spacial score (nSPS) is 13.2. The average molecular weight is 348 g/mol. The largest absolute Gasteiger partial charge is 0.493 e. The Hall–Kier alpha value is -3.41. The number of hydrogen-bond acceptors (Lipinski definition) is 5. The van der Waals surface area contributed by atoms with Crippen LogP contribution in [0.1, 0.15) is 26.4 Å². The number of imide groups is 1. The van der Waals surface area contributed by atoms with Crippen molar-refractivity contribution in [1.29, 1.82) is 0 Å². The minimum atomic E-state index is -0.301. The van der Waals surface area contributed by atoms with Gasteiger partial charge in [0, 0.05) is 11.6 Å². The standard InChI is InChI=1S/C20H16N2O4/c1-25-17-9-12-7-8-21-16(15(12)10-18(17)26-2)11-22-19(23)13-5-3-4-6-14(13)20(22)24/h3-10H,11H2,1-2H3. The summed E-state index contributed by atoms with van der Waals surface area (Å²) in [5, 5.41) is 1.70. The molecule has 1 aromatic heterocycles. The zero-order chi connectivity index (χ0) is 18.3. The van der Waals surface area contributed by atoms with Gasteiger partial charge in [-0.1, -0.05) is 12.1 Å². The van der Waals surface area contributed by atoms with E-state index in [1.54, 1.807) is 44.7 Å². The number of ether oxygens (including phenoxy) is 2. The summed E-state index contributed by atoms with van der Waals surface area (Å²) in [5.74, 6) is 0.573. The highest BCUT2D eigenvalue weighted by atomic mass is 16.5. The van der Waals surface area contributed by atoms with Crippen LogP contribution >= 0.6 is 0 Å². The third-order valence-electron chi connectivity index (χ3n) is 4.54. The molecule has 1 aliphatic rings. The van der Waals surface area contributed by atoms with E-state index in [9.17, 15) is 9.59 Å². The van der Waals surface area contributed by atoms with E-state index in [-0.39, 0.29) is 18.4 Å². The van der Waals surface area contributed by atoms with Gasteiger partial charge >= 0.3 is 0 Å². The molecule has 26 heavy (non-hydrogen) atoms. The fraction of sp³-hybridized carbons (Fsp3) is 0.150. The Kier molecular flexibility index (Phi) is 3.80. The van der Waals surface area contributed by atoms with Crippen molar-refractivity contribution in [1.82, 2.24) is 9.88 Å². The molecule has 4 rings (SSSR count). The van der Waals surface area contributed by atoms with Gasteiger partial charge in [0.15, 0.2) is 11.5 Å². The van der Waals surface area contributed by atoms with Crippen molar-refractivity contribution in [2.75, 3.05) is 14.2 Å². The molecule has 0 aliphatic carbocycles. The summed E-state index contributed by atoms with van der Waals surface area (Å²) < 4.78 is 10.7. The highest BCUT2D eigenvalue weighted by Crippen LogP contribution is 2.34. The second-order valence-electron chi connectivity index (χ2n) is 5.93. The summed E-state index contributed by atoms with van der Waals surface area (Å²) in [5.41, 5.74) is 1.48. The molecule has 0 radical (unpaired) electrons. The monoisotopic (exact) mass is 348 g/mol. The SMILES string of the molecule is COc1cc2ccnc(CN3C(=O)c4ccccc4C3=O)c2cc1OC. The molecule has 2 aromatic carbocycles. The Morgan fingerprint density at radius 3 is 2.15 bits per heavy atom. The molecule has 2 heterocycles. The summed E-state index contributed by atoms with van der Waals surface area (Å²) in [7, 11) is 3.13. The highest BCUT2D eigenvalue weighted by Gasteiger charge is 2.35. The molecule has 6 heteroatoms. The number of carbonyl (C=O) groups is 2. The van der Waals surface area contributed by atoms with E-state index in [1.165, 1.54) is 4.90 Å². The van der Waals surface area contributed by atoms with Crippen molar-refractivity contribution in [2.45, 2.75) is 6.54 Å². The molecule has 130 valence electrons. The number of hydrogen-bond donors (Lipinski definition) is 0. The number of fused-ring (bicyclic) bond motifs is 2. The Morgan fingerprint density at radius 2 is 1.54 bits per heavy atom. The first-order valence-electron chi connectivity index (χ1n) is 8.09. The lowest BCUT2D eigenvalue weighted by Crippen LogP contribution is -2.29.